The van der Waals surface area contributed by atoms with Crippen molar-refractivity contribution in [2.75, 3.05) is 0 Å². The van der Waals surface area contributed by atoms with Crippen molar-refractivity contribution in [3.8, 4) is 17.2 Å². The molecule has 0 saturated heterocycles. The number of unbranched alkanes of at least 4 members (excludes halogenated alkanes) is 1. The minimum absolute atomic E-state index is 0.663. The van der Waals surface area contributed by atoms with Crippen LogP contribution in [0.4, 0.5) is 0 Å². The van der Waals surface area contributed by atoms with Crippen LogP contribution in [0.1, 0.15) is 36.7 Å². The highest BCUT2D eigenvalue weighted by Gasteiger charge is 2.13. The molecule has 4 aromatic rings. The normalized spacial score (nSPS) is 10.9. The van der Waals surface area contributed by atoms with Crippen LogP contribution in [0.2, 0.25) is 0 Å². The maximum atomic E-state index is 9.69. The molecule has 0 spiro atoms. The lowest BCUT2D eigenvalue weighted by Crippen LogP contribution is -2.06. The van der Waals surface area contributed by atoms with Crippen LogP contribution in [0.15, 0.2) is 66.9 Å². The number of benzene rings is 2. The van der Waals surface area contributed by atoms with Gasteiger partial charge in [0.15, 0.2) is 5.65 Å². The second-order valence-corrected chi connectivity index (χ2v) is 6.92. The standard InChI is InChI=1S/C24H22N4/c1-2-3-11-23-27-22-10-7-14-26-24(22)28(23)17-18-12-13-21(20(15-18)16-25)19-8-5-4-6-9-19/h4-10,12-15H,2-3,11,17H2,1H3. The number of fused-ring (bicyclic) bond motifs is 1. The molecule has 0 aliphatic rings. The Balaban J connectivity index is 1.72. The molecule has 4 nitrogen and oxygen atoms in total. The molecule has 0 radical (unpaired) electrons. The zero-order chi connectivity index (χ0) is 19.3. The topological polar surface area (TPSA) is 54.5 Å². The van der Waals surface area contributed by atoms with Crippen LogP contribution in [0.5, 0.6) is 0 Å². The molecule has 2 aromatic carbocycles. The summed E-state index contributed by atoms with van der Waals surface area (Å²) in [4.78, 5) is 9.34. The van der Waals surface area contributed by atoms with E-state index in [0.717, 1.165) is 52.9 Å². The van der Waals surface area contributed by atoms with Gasteiger partial charge in [0.05, 0.1) is 18.2 Å². The molecule has 0 fully saturated rings. The van der Waals surface area contributed by atoms with Crippen LogP contribution < -0.4 is 0 Å². The van der Waals surface area contributed by atoms with Crippen LogP contribution in [0.3, 0.4) is 0 Å². The van der Waals surface area contributed by atoms with E-state index >= 15 is 0 Å². The first-order valence-corrected chi connectivity index (χ1v) is 9.68. The molecular formula is C24H22N4. The minimum Gasteiger partial charge on any atom is -0.308 e. The number of nitrogens with zero attached hydrogens (tertiary/aromatic N) is 4. The first-order chi connectivity index (χ1) is 13.8. The Kier molecular flexibility index (Phi) is 5.16. The third-order valence-corrected chi connectivity index (χ3v) is 4.97. The molecular weight excluding hydrogens is 344 g/mol. The molecule has 0 amide bonds. The fourth-order valence-electron chi connectivity index (χ4n) is 3.53. The van der Waals surface area contributed by atoms with Gasteiger partial charge in [0, 0.05) is 12.6 Å². The molecule has 0 aliphatic carbocycles. The van der Waals surface area contributed by atoms with Crippen molar-refractivity contribution in [3.63, 3.8) is 0 Å². The van der Waals surface area contributed by atoms with Gasteiger partial charge in [0.1, 0.15) is 11.3 Å². The van der Waals surface area contributed by atoms with Crippen LogP contribution in [-0.2, 0) is 13.0 Å². The van der Waals surface area contributed by atoms with E-state index in [1.807, 2.05) is 60.8 Å². The summed E-state index contributed by atoms with van der Waals surface area (Å²) in [6.07, 6.45) is 4.96. The Morgan fingerprint density at radius 2 is 1.89 bits per heavy atom. The summed E-state index contributed by atoms with van der Waals surface area (Å²) in [6, 6.07) is 22.5. The van der Waals surface area contributed by atoms with Gasteiger partial charge < -0.3 is 4.57 Å². The summed E-state index contributed by atoms with van der Waals surface area (Å²) in [5.41, 5.74) is 5.63. The SMILES string of the molecule is CCCCc1nc2cccnc2n1Cc1ccc(-c2ccccc2)c(C#N)c1. The summed E-state index contributed by atoms with van der Waals surface area (Å²) in [5.74, 6) is 1.06. The third-order valence-electron chi connectivity index (χ3n) is 4.97. The summed E-state index contributed by atoms with van der Waals surface area (Å²) >= 11 is 0. The molecule has 28 heavy (non-hydrogen) atoms. The fourth-order valence-corrected chi connectivity index (χ4v) is 3.53. The zero-order valence-corrected chi connectivity index (χ0v) is 16.0. The third kappa shape index (κ3) is 3.52. The highest BCUT2D eigenvalue weighted by atomic mass is 15.1. The molecule has 4 rings (SSSR count). The van der Waals surface area contributed by atoms with E-state index in [9.17, 15) is 5.26 Å². The van der Waals surface area contributed by atoms with Gasteiger partial charge in [-0.1, -0.05) is 55.8 Å². The van der Waals surface area contributed by atoms with Gasteiger partial charge in [-0.05, 0) is 41.3 Å². The summed E-state index contributed by atoms with van der Waals surface area (Å²) in [7, 11) is 0. The second kappa shape index (κ2) is 8.06. The van der Waals surface area contributed by atoms with Crippen LogP contribution in [0.25, 0.3) is 22.3 Å². The number of imidazole rings is 1. The van der Waals surface area contributed by atoms with Gasteiger partial charge in [-0.2, -0.15) is 5.26 Å². The molecule has 0 unspecified atom stereocenters. The zero-order valence-electron chi connectivity index (χ0n) is 16.0. The van der Waals surface area contributed by atoms with Crippen molar-refractivity contribution >= 4 is 11.2 Å². The molecule has 4 heteroatoms. The summed E-state index contributed by atoms with van der Waals surface area (Å²) in [5, 5.41) is 9.69. The first-order valence-electron chi connectivity index (χ1n) is 9.68. The van der Waals surface area contributed by atoms with E-state index in [2.05, 4.69) is 28.6 Å². The molecule has 138 valence electrons. The molecule has 0 aliphatic heterocycles. The van der Waals surface area contributed by atoms with E-state index in [1.54, 1.807) is 0 Å². The molecule has 0 atom stereocenters. The van der Waals surface area contributed by atoms with Crippen LogP contribution >= 0.6 is 0 Å². The lowest BCUT2D eigenvalue weighted by Gasteiger charge is -2.11. The summed E-state index contributed by atoms with van der Waals surface area (Å²) < 4.78 is 2.18. The lowest BCUT2D eigenvalue weighted by molar-refractivity contribution is 0.686. The Labute approximate surface area is 165 Å². The van der Waals surface area contributed by atoms with E-state index in [0.29, 0.717) is 12.1 Å². The molecule has 2 aromatic heterocycles. The number of rotatable bonds is 6. The number of aryl methyl sites for hydroxylation is 1. The van der Waals surface area contributed by atoms with Gasteiger partial charge in [-0.25, -0.2) is 9.97 Å². The van der Waals surface area contributed by atoms with Crippen LogP contribution in [-0.4, -0.2) is 14.5 Å². The maximum absolute atomic E-state index is 9.69. The number of nitriles is 1. The minimum atomic E-state index is 0.663. The van der Waals surface area contributed by atoms with Crippen molar-refractivity contribution in [2.45, 2.75) is 32.7 Å². The molecule has 0 N–H and O–H groups in total. The maximum Gasteiger partial charge on any atom is 0.160 e. The number of pyridine rings is 1. The van der Waals surface area contributed by atoms with E-state index in [-0.39, 0.29) is 0 Å². The Hall–Kier alpha value is -3.45. The smallest absolute Gasteiger partial charge is 0.160 e. The molecule has 2 heterocycles. The van der Waals surface area contributed by atoms with Gasteiger partial charge >= 0.3 is 0 Å². The summed E-state index contributed by atoms with van der Waals surface area (Å²) in [6.45, 7) is 2.85. The molecule has 0 bridgehead atoms. The quantitative estimate of drug-likeness (QED) is 0.461. The monoisotopic (exact) mass is 366 g/mol. The second-order valence-electron chi connectivity index (χ2n) is 6.92. The van der Waals surface area contributed by atoms with Crippen molar-refractivity contribution in [2.24, 2.45) is 0 Å². The average Bonchev–Trinajstić information content (AvgIpc) is 3.10. The number of aromatic nitrogens is 3. The Bertz CT molecular complexity index is 1140. The lowest BCUT2D eigenvalue weighted by atomic mass is 9.98. The Morgan fingerprint density at radius 3 is 2.68 bits per heavy atom. The Morgan fingerprint density at radius 1 is 1.04 bits per heavy atom. The predicted molar refractivity (Wildman–Crippen MR) is 112 cm³/mol. The van der Waals surface area contributed by atoms with Crippen molar-refractivity contribution in [1.29, 1.82) is 5.26 Å². The number of hydrogen-bond donors (Lipinski definition) is 0. The fraction of sp³-hybridized carbons (Fsp3) is 0.208. The van der Waals surface area contributed by atoms with E-state index in [1.165, 1.54) is 0 Å². The van der Waals surface area contributed by atoms with E-state index < -0.39 is 0 Å². The number of hydrogen-bond acceptors (Lipinski definition) is 3. The molecule has 0 saturated carbocycles. The first kappa shape index (κ1) is 17.9. The highest BCUT2D eigenvalue weighted by Crippen LogP contribution is 2.25. The predicted octanol–water partition coefficient (Wildman–Crippen LogP) is 5.36. The van der Waals surface area contributed by atoms with Gasteiger partial charge in [0.2, 0.25) is 0 Å². The van der Waals surface area contributed by atoms with Crippen molar-refractivity contribution in [1.82, 2.24) is 14.5 Å². The van der Waals surface area contributed by atoms with Gasteiger partial charge in [0.25, 0.3) is 0 Å². The van der Waals surface area contributed by atoms with Crippen LogP contribution in [0, 0.1) is 11.3 Å². The van der Waals surface area contributed by atoms with Crippen molar-refractivity contribution in [3.05, 3.63) is 83.8 Å². The average molecular weight is 366 g/mol. The van der Waals surface area contributed by atoms with Crippen molar-refractivity contribution < 1.29 is 0 Å². The van der Waals surface area contributed by atoms with Gasteiger partial charge in [-0.15, -0.1) is 0 Å². The largest absolute Gasteiger partial charge is 0.308 e. The van der Waals surface area contributed by atoms with Gasteiger partial charge in [-0.3, -0.25) is 0 Å². The highest BCUT2D eigenvalue weighted by molar-refractivity contribution is 5.72. The van der Waals surface area contributed by atoms with E-state index in [4.69, 9.17) is 4.98 Å².